The Morgan fingerprint density at radius 1 is 0.851 bits per heavy atom. The van der Waals surface area contributed by atoms with Gasteiger partial charge in [0.2, 0.25) is 5.56 Å². The molecule has 0 saturated heterocycles. The van der Waals surface area contributed by atoms with Crippen LogP contribution < -0.4 is 26.2 Å². The van der Waals surface area contributed by atoms with E-state index in [1.807, 2.05) is 66.7 Å². The first-order chi connectivity index (χ1) is 22.8. The second-order valence-corrected chi connectivity index (χ2v) is 11.0. The van der Waals surface area contributed by atoms with Crippen molar-refractivity contribution in [1.29, 1.82) is 0 Å². The minimum absolute atomic E-state index is 0.0623. The van der Waals surface area contributed by atoms with Gasteiger partial charge in [-0.25, -0.2) is 4.79 Å². The van der Waals surface area contributed by atoms with Gasteiger partial charge in [0.1, 0.15) is 18.1 Å². The predicted octanol–water partition coefficient (Wildman–Crippen LogP) is 4.61. The second-order valence-electron chi connectivity index (χ2n) is 11.0. The quantitative estimate of drug-likeness (QED) is 0.0866. The summed E-state index contributed by atoms with van der Waals surface area (Å²) in [7, 11) is 0. The number of hydrogen-bond acceptors (Lipinski definition) is 7. The molecular formula is C36H36N4O7. The van der Waals surface area contributed by atoms with Crippen molar-refractivity contribution in [1.82, 2.24) is 20.9 Å². The molecule has 0 radical (unpaired) electrons. The molecule has 1 heterocycles. The lowest BCUT2D eigenvalue weighted by atomic mass is 9.98. The van der Waals surface area contributed by atoms with Crippen LogP contribution in [-0.4, -0.2) is 51.9 Å². The number of aromatic nitrogens is 1. The molecule has 0 aliphatic carbocycles. The Hall–Kier alpha value is -5.65. The highest BCUT2D eigenvalue weighted by molar-refractivity contribution is 5.94. The monoisotopic (exact) mass is 636 g/mol. The van der Waals surface area contributed by atoms with Gasteiger partial charge in [-0.3, -0.25) is 9.59 Å². The molecule has 5 aromatic rings. The van der Waals surface area contributed by atoms with E-state index in [9.17, 15) is 29.7 Å². The zero-order valence-corrected chi connectivity index (χ0v) is 25.5. The average molecular weight is 637 g/mol. The molecule has 0 aliphatic rings. The number of pyridine rings is 1. The molecule has 0 saturated carbocycles. The number of aliphatic hydroxyl groups is 1. The number of carbonyl (C=O) groups is 2. The summed E-state index contributed by atoms with van der Waals surface area (Å²) >= 11 is 0. The third-order valence-corrected chi connectivity index (χ3v) is 7.63. The average Bonchev–Trinajstić information content (AvgIpc) is 3.08. The van der Waals surface area contributed by atoms with Crippen LogP contribution in [0.25, 0.3) is 10.9 Å². The van der Waals surface area contributed by atoms with Crippen LogP contribution in [0.5, 0.6) is 11.5 Å². The first-order valence-electron chi connectivity index (χ1n) is 15.2. The van der Waals surface area contributed by atoms with Gasteiger partial charge in [-0.2, -0.15) is 0 Å². The Balaban J connectivity index is 1.05. The number of aromatic amines is 1. The van der Waals surface area contributed by atoms with Crippen molar-refractivity contribution in [2.24, 2.45) is 0 Å². The molecule has 0 fully saturated rings. The zero-order chi connectivity index (χ0) is 33.2. The van der Waals surface area contributed by atoms with Crippen LogP contribution in [0, 0.1) is 0 Å². The summed E-state index contributed by atoms with van der Waals surface area (Å²) in [6, 6.07) is 29.2. The molecule has 4 aromatic carbocycles. The standard InChI is InChI=1S/C36H36N4O7/c41-30-16-14-28(29-15-17-32(43)39-34(29)30)31(42)21-37-18-5-19-38-35(44)25-12-10-23(11-13-25)22-47-27-9-4-8-26(20-27)33(40-36(45)46)24-6-2-1-3-7-24/h1-4,6-17,20,31,33,37,40-42H,5,18-19,21-22H2,(H,38,44)(H,39,43)(H,45,46)/t31-,33?/m1/s1. The fraction of sp³-hybridized carbons (Fsp3) is 0.194. The van der Waals surface area contributed by atoms with Gasteiger partial charge in [-0.1, -0.05) is 60.7 Å². The van der Waals surface area contributed by atoms with Crippen LogP contribution in [0.15, 0.2) is 108 Å². The van der Waals surface area contributed by atoms with E-state index in [2.05, 4.69) is 20.9 Å². The van der Waals surface area contributed by atoms with Gasteiger partial charge >= 0.3 is 6.09 Å². The highest BCUT2D eigenvalue weighted by Gasteiger charge is 2.17. The van der Waals surface area contributed by atoms with E-state index in [0.29, 0.717) is 41.8 Å². The fourth-order valence-electron chi connectivity index (χ4n) is 5.25. The lowest BCUT2D eigenvalue weighted by Crippen LogP contribution is -2.29. The molecule has 0 aliphatic heterocycles. The Morgan fingerprint density at radius 3 is 2.38 bits per heavy atom. The van der Waals surface area contributed by atoms with E-state index in [-0.39, 0.29) is 35.9 Å². The number of ether oxygens (including phenoxy) is 1. The van der Waals surface area contributed by atoms with E-state index in [4.69, 9.17) is 4.74 Å². The highest BCUT2D eigenvalue weighted by atomic mass is 16.5. The number of carbonyl (C=O) groups excluding carboxylic acids is 1. The number of nitrogens with one attached hydrogen (secondary N) is 4. The third kappa shape index (κ3) is 8.75. The molecule has 47 heavy (non-hydrogen) atoms. The SMILES string of the molecule is O=C(O)NC(c1ccccc1)c1cccc(OCc2ccc(C(=O)NCCCNC[C@@H](O)c3ccc(O)c4[nH]c(=O)ccc34)cc2)c1. The number of aliphatic hydroxyl groups excluding tert-OH is 1. The number of hydrogen-bond donors (Lipinski definition) is 7. The molecule has 1 unspecified atom stereocenters. The maximum atomic E-state index is 12.6. The van der Waals surface area contributed by atoms with Crippen LogP contribution in [0.3, 0.4) is 0 Å². The van der Waals surface area contributed by atoms with Crippen molar-refractivity contribution in [2.75, 3.05) is 19.6 Å². The van der Waals surface area contributed by atoms with Crippen molar-refractivity contribution < 1.29 is 29.6 Å². The molecule has 5 rings (SSSR count). The van der Waals surface area contributed by atoms with Crippen molar-refractivity contribution >= 4 is 22.9 Å². The number of phenolic OH excluding ortho intramolecular Hbond substituents is 1. The van der Waals surface area contributed by atoms with E-state index in [0.717, 1.165) is 16.7 Å². The predicted molar refractivity (Wildman–Crippen MR) is 178 cm³/mol. The summed E-state index contributed by atoms with van der Waals surface area (Å²) in [6.45, 7) is 1.52. The number of rotatable bonds is 14. The molecule has 242 valence electrons. The molecule has 2 atom stereocenters. The molecular weight excluding hydrogens is 600 g/mol. The molecule has 0 bridgehead atoms. The minimum atomic E-state index is -1.12. The summed E-state index contributed by atoms with van der Waals surface area (Å²) in [4.78, 5) is 38.3. The third-order valence-electron chi connectivity index (χ3n) is 7.63. The number of carboxylic acid groups (broad SMARTS) is 1. The van der Waals surface area contributed by atoms with Gasteiger partial charge in [-0.05, 0) is 71.6 Å². The molecule has 2 amide bonds. The molecule has 11 nitrogen and oxygen atoms in total. The van der Waals surface area contributed by atoms with Crippen LogP contribution in [0.4, 0.5) is 4.79 Å². The van der Waals surface area contributed by atoms with Crippen LogP contribution in [-0.2, 0) is 6.61 Å². The van der Waals surface area contributed by atoms with Crippen LogP contribution >= 0.6 is 0 Å². The summed E-state index contributed by atoms with van der Waals surface area (Å²) < 4.78 is 5.98. The smallest absolute Gasteiger partial charge is 0.405 e. The summed E-state index contributed by atoms with van der Waals surface area (Å²) in [6.07, 6.45) is -1.34. The van der Waals surface area contributed by atoms with E-state index >= 15 is 0 Å². The maximum Gasteiger partial charge on any atom is 0.405 e. The molecule has 0 spiro atoms. The number of fused-ring (bicyclic) bond motifs is 1. The van der Waals surface area contributed by atoms with E-state index in [1.54, 1.807) is 24.3 Å². The zero-order valence-electron chi connectivity index (χ0n) is 25.5. The fourth-order valence-corrected chi connectivity index (χ4v) is 5.25. The first kappa shape index (κ1) is 32.7. The number of benzene rings is 4. The Kier molecular flexibility index (Phi) is 10.8. The van der Waals surface area contributed by atoms with Gasteiger partial charge in [-0.15, -0.1) is 0 Å². The normalized spacial score (nSPS) is 12.3. The number of phenols is 1. The van der Waals surface area contributed by atoms with Crippen molar-refractivity contribution in [2.45, 2.75) is 25.2 Å². The number of aromatic hydroxyl groups is 1. The number of H-pyrrole nitrogens is 1. The largest absolute Gasteiger partial charge is 0.506 e. The van der Waals surface area contributed by atoms with Crippen LogP contribution in [0.1, 0.15) is 51.2 Å². The van der Waals surface area contributed by atoms with Gasteiger partial charge in [0.25, 0.3) is 5.91 Å². The number of amides is 2. The second kappa shape index (κ2) is 15.6. The molecule has 11 heteroatoms. The van der Waals surface area contributed by atoms with Crippen molar-refractivity contribution in [3.63, 3.8) is 0 Å². The lowest BCUT2D eigenvalue weighted by Gasteiger charge is -2.19. The summed E-state index contributed by atoms with van der Waals surface area (Å²) in [5.74, 6) is 0.326. The summed E-state index contributed by atoms with van der Waals surface area (Å²) in [5, 5.41) is 39.3. The Bertz CT molecular complexity index is 1880. The van der Waals surface area contributed by atoms with Gasteiger partial charge < -0.3 is 41.0 Å². The highest BCUT2D eigenvalue weighted by Crippen LogP contribution is 2.29. The summed E-state index contributed by atoms with van der Waals surface area (Å²) in [5.41, 5.74) is 3.48. The van der Waals surface area contributed by atoms with Gasteiger partial charge in [0, 0.05) is 30.1 Å². The van der Waals surface area contributed by atoms with E-state index in [1.165, 1.54) is 12.1 Å². The maximum absolute atomic E-state index is 12.6. The first-order valence-corrected chi connectivity index (χ1v) is 15.2. The molecule has 1 aromatic heterocycles. The van der Waals surface area contributed by atoms with Gasteiger partial charge in [0.15, 0.2) is 0 Å². The Morgan fingerprint density at radius 2 is 1.62 bits per heavy atom. The van der Waals surface area contributed by atoms with Crippen LogP contribution in [0.2, 0.25) is 0 Å². The van der Waals surface area contributed by atoms with E-state index < -0.39 is 18.2 Å². The Labute approximate surface area is 270 Å². The lowest BCUT2D eigenvalue weighted by molar-refractivity contribution is 0.0952. The molecule has 7 N–H and O–H groups in total. The topological polar surface area (TPSA) is 173 Å². The van der Waals surface area contributed by atoms with Crippen molar-refractivity contribution in [3.05, 3.63) is 141 Å². The van der Waals surface area contributed by atoms with Gasteiger partial charge in [0.05, 0.1) is 17.7 Å². The minimum Gasteiger partial charge on any atom is -0.506 e. The van der Waals surface area contributed by atoms with Crippen molar-refractivity contribution in [3.8, 4) is 11.5 Å².